The molecule has 1 rings (SSSR count). The third-order valence-corrected chi connectivity index (χ3v) is 3.96. The number of carbonyl (C=O) groups excluding carboxylic acids is 2. The van der Waals surface area contributed by atoms with E-state index in [1.807, 2.05) is 37.3 Å². The molecule has 0 saturated carbocycles. The van der Waals surface area contributed by atoms with Crippen LogP contribution in [0.15, 0.2) is 43.0 Å². The second-order valence-electron chi connectivity index (χ2n) is 4.89. The Balaban J connectivity index is 3.10. The molecule has 0 radical (unpaired) electrons. The molecule has 0 aromatic heterocycles. The Hall–Kier alpha value is -1.23. The van der Waals surface area contributed by atoms with Crippen molar-refractivity contribution in [3.05, 3.63) is 52.1 Å². The van der Waals surface area contributed by atoms with Crippen molar-refractivity contribution < 1.29 is 9.59 Å². The number of hydrogen-bond acceptors (Lipinski definition) is 2. The Labute approximate surface area is 134 Å². The summed E-state index contributed by atoms with van der Waals surface area (Å²) in [7, 11) is 0. The molecule has 1 aromatic rings. The van der Waals surface area contributed by atoms with E-state index in [4.69, 9.17) is 0 Å². The van der Waals surface area contributed by atoms with Gasteiger partial charge in [-0.25, -0.2) is 0 Å². The van der Waals surface area contributed by atoms with Gasteiger partial charge < -0.3 is 0 Å². The van der Waals surface area contributed by atoms with Gasteiger partial charge in [-0.3, -0.25) is 9.59 Å². The van der Waals surface area contributed by atoms with Gasteiger partial charge in [0.15, 0.2) is 0 Å². The first-order chi connectivity index (χ1) is 9.36. The van der Waals surface area contributed by atoms with Gasteiger partial charge in [0, 0.05) is 3.57 Å². The van der Waals surface area contributed by atoms with Crippen molar-refractivity contribution in [2.75, 3.05) is 0 Å². The smallest absolute Gasteiger partial charge is 0.140 e. The molecule has 1 unspecified atom stereocenters. The maximum Gasteiger partial charge on any atom is 0.140 e. The van der Waals surface area contributed by atoms with Crippen LogP contribution in [-0.4, -0.2) is 11.6 Å². The fraction of sp³-hybridized carbons (Fsp3) is 0.294. The van der Waals surface area contributed by atoms with Crippen LogP contribution < -0.4 is 0 Å². The number of ketones is 2. The molecule has 20 heavy (non-hydrogen) atoms. The zero-order valence-electron chi connectivity index (χ0n) is 12.0. The van der Waals surface area contributed by atoms with Crippen molar-refractivity contribution >= 4 is 39.7 Å². The molecular weight excluding hydrogens is 363 g/mol. The predicted octanol–water partition coefficient (Wildman–Crippen LogP) is 4.29. The molecule has 0 saturated heterocycles. The second-order valence-corrected chi connectivity index (χ2v) is 6.14. The van der Waals surface area contributed by atoms with Gasteiger partial charge in [-0.2, -0.15) is 0 Å². The normalized spacial score (nSPS) is 13.2. The van der Waals surface area contributed by atoms with E-state index in [0.29, 0.717) is 0 Å². The van der Waals surface area contributed by atoms with E-state index in [-0.39, 0.29) is 17.5 Å². The fourth-order valence-electron chi connectivity index (χ4n) is 2.33. The van der Waals surface area contributed by atoms with Crippen LogP contribution in [0.4, 0.5) is 0 Å². The Kier molecular flexibility index (Phi) is 6.33. The van der Waals surface area contributed by atoms with E-state index in [1.54, 1.807) is 6.08 Å². The minimum atomic E-state index is -0.575. The number of hydrogen-bond donors (Lipinski definition) is 0. The molecule has 0 aliphatic rings. The van der Waals surface area contributed by atoms with Gasteiger partial charge in [0.25, 0.3) is 0 Å². The molecule has 0 N–H and O–H groups in total. The van der Waals surface area contributed by atoms with Crippen LogP contribution in [0.1, 0.15) is 26.3 Å². The lowest BCUT2D eigenvalue weighted by molar-refractivity contribution is -0.131. The lowest BCUT2D eigenvalue weighted by atomic mass is 9.85. The molecule has 106 valence electrons. The first kappa shape index (κ1) is 16.8. The number of allylic oxidation sites excluding steroid dienone is 3. The molecule has 0 heterocycles. The number of benzene rings is 1. The summed E-state index contributed by atoms with van der Waals surface area (Å²) in [4.78, 5) is 23.2. The van der Waals surface area contributed by atoms with E-state index in [2.05, 4.69) is 29.2 Å². The van der Waals surface area contributed by atoms with Gasteiger partial charge in [-0.1, -0.05) is 37.8 Å². The van der Waals surface area contributed by atoms with E-state index < -0.39 is 5.92 Å². The molecule has 1 aromatic carbocycles. The van der Waals surface area contributed by atoms with Crippen molar-refractivity contribution in [2.24, 2.45) is 11.8 Å². The van der Waals surface area contributed by atoms with Crippen molar-refractivity contribution in [1.82, 2.24) is 0 Å². The minimum absolute atomic E-state index is 0.0905. The van der Waals surface area contributed by atoms with Crippen molar-refractivity contribution in [3.63, 3.8) is 0 Å². The molecule has 1 atom stereocenters. The Morgan fingerprint density at radius 3 is 2.05 bits per heavy atom. The minimum Gasteiger partial charge on any atom is -0.299 e. The molecule has 2 nitrogen and oxygen atoms in total. The van der Waals surface area contributed by atoms with E-state index in [9.17, 15) is 9.59 Å². The summed E-state index contributed by atoms with van der Waals surface area (Å²) in [5, 5.41) is 0. The average molecular weight is 382 g/mol. The van der Waals surface area contributed by atoms with Gasteiger partial charge in [-0.15, -0.1) is 0 Å². The maximum atomic E-state index is 11.6. The van der Waals surface area contributed by atoms with Gasteiger partial charge in [0.2, 0.25) is 0 Å². The van der Waals surface area contributed by atoms with Gasteiger partial charge in [-0.05, 0) is 65.6 Å². The van der Waals surface area contributed by atoms with Crippen LogP contribution in [0.2, 0.25) is 0 Å². The van der Waals surface area contributed by atoms with Crippen LogP contribution in [0.5, 0.6) is 0 Å². The molecular formula is C17H19IO2. The largest absolute Gasteiger partial charge is 0.299 e. The number of halogens is 1. The highest BCUT2D eigenvalue weighted by molar-refractivity contribution is 14.1. The van der Waals surface area contributed by atoms with Gasteiger partial charge in [0.05, 0.1) is 5.92 Å². The SMILES string of the molecule is C=C/C(=C\C(C)C(C(C)=O)C(C)=O)c1ccc(I)cc1. The van der Waals surface area contributed by atoms with E-state index in [1.165, 1.54) is 13.8 Å². The first-order valence-corrected chi connectivity index (χ1v) is 7.55. The summed E-state index contributed by atoms with van der Waals surface area (Å²) in [5.74, 6) is -0.898. The zero-order chi connectivity index (χ0) is 15.3. The summed E-state index contributed by atoms with van der Waals surface area (Å²) in [6.07, 6.45) is 3.71. The topological polar surface area (TPSA) is 34.1 Å². The van der Waals surface area contributed by atoms with E-state index in [0.717, 1.165) is 14.7 Å². The molecule has 0 bridgehead atoms. The van der Waals surface area contributed by atoms with Crippen LogP contribution in [0.25, 0.3) is 5.57 Å². The molecule has 0 spiro atoms. The zero-order valence-corrected chi connectivity index (χ0v) is 14.2. The molecule has 0 fully saturated rings. The fourth-order valence-corrected chi connectivity index (χ4v) is 2.69. The van der Waals surface area contributed by atoms with E-state index >= 15 is 0 Å². The lowest BCUT2D eigenvalue weighted by Crippen LogP contribution is -2.25. The predicted molar refractivity (Wildman–Crippen MR) is 91.3 cm³/mol. The molecule has 0 amide bonds. The number of rotatable bonds is 6. The number of carbonyl (C=O) groups is 2. The number of Topliss-reactive ketones (excluding diaryl/α,β-unsaturated/α-hetero) is 2. The van der Waals surface area contributed by atoms with Gasteiger partial charge in [0.1, 0.15) is 11.6 Å². The monoisotopic (exact) mass is 382 g/mol. The van der Waals surface area contributed by atoms with Crippen LogP contribution >= 0.6 is 22.6 Å². The highest BCUT2D eigenvalue weighted by atomic mass is 127. The standard InChI is InChI=1S/C17H19IO2/c1-5-14(15-6-8-16(18)9-7-15)10-11(2)17(12(3)19)13(4)20/h5-11,17H,1H2,2-4H3/b14-10+. The molecule has 3 heteroatoms. The van der Waals surface area contributed by atoms with Crippen LogP contribution in [-0.2, 0) is 9.59 Å². The summed E-state index contributed by atoms with van der Waals surface area (Å²) >= 11 is 2.25. The third kappa shape index (κ3) is 4.40. The van der Waals surface area contributed by atoms with Gasteiger partial charge >= 0.3 is 0 Å². The average Bonchev–Trinajstić information content (AvgIpc) is 2.36. The van der Waals surface area contributed by atoms with Crippen LogP contribution in [0.3, 0.4) is 0 Å². The summed E-state index contributed by atoms with van der Waals surface area (Å²) < 4.78 is 1.16. The summed E-state index contributed by atoms with van der Waals surface area (Å²) in [6, 6.07) is 8.06. The summed E-state index contributed by atoms with van der Waals surface area (Å²) in [5.41, 5.74) is 1.99. The molecule has 0 aliphatic carbocycles. The third-order valence-electron chi connectivity index (χ3n) is 3.24. The lowest BCUT2D eigenvalue weighted by Gasteiger charge is -2.17. The molecule has 0 aliphatic heterocycles. The van der Waals surface area contributed by atoms with Crippen molar-refractivity contribution in [1.29, 1.82) is 0 Å². The van der Waals surface area contributed by atoms with Crippen LogP contribution in [0, 0.1) is 15.4 Å². The Morgan fingerprint density at radius 2 is 1.65 bits per heavy atom. The Morgan fingerprint density at radius 1 is 1.15 bits per heavy atom. The highest BCUT2D eigenvalue weighted by Crippen LogP contribution is 2.23. The maximum absolute atomic E-state index is 11.6. The second kappa shape index (κ2) is 7.53. The van der Waals surface area contributed by atoms with Crippen molar-refractivity contribution in [3.8, 4) is 0 Å². The quantitative estimate of drug-likeness (QED) is 0.418. The van der Waals surface area contributed by atoms with Crippen molar-refractivity contribution in [2.45, 2.75) is 20.8 Å². The Bertz CT molecular complexity index is 527. The first-order valence-electron chi connectivity index (χ1n) is 6.48. The highest BCUT2D eigenvalue weighted by Gasteiger charge is 2.25. The summed E-state index contributed by atoms with van der Waals surface area (Å²) in [6.45, 7) is 8.65.